The Kier molecular flexibility index (Phi) is 6.54. The number of aromatic nitrogens is 3. The first-order valence-electron chi connectivity index (χ1n) is 10.8. The number of hydrogen-bond acceptors (Lipinski definition) is 6. The highest BCUT2D eigenvalue weighted by molar-refractivity contribution is 7.89. The highest BCUT2D eigenvalue weighted by atomic mass is 32.2. The summed E-state index contributed by atoms with van der Waals surface area (Å²) in [5, 5.41) is 9.26. The molecule has 34 heavy (non-hydrogen) atoms. The number of rotatable bonds is 5. The summed E-state index contributed by atoms with van der Waals surface area (Å²) in [6.07, 6.45) is 4.70. The molecule has 2 aromatic heterocycles. The van der Waals surface area contributed by atoms with Gasteiger partial charge in [-0.15, -0.1) is 0 Å². The first kappa shape index (κ1) is 24.0. The van der Waals surface area contributed by atoms with E-state index in [2.05, 4.69) is 10.1 Å². The maximum Gasteiger partial charge on any atom is 0.410 e. The van der Waals surface area contributed by atoms with E-state index in [1.807, 2.05) is 19.9 Å². The third-order valence-electron chi connectivity index (χ3n) is 5.80. The molecule has 0 atom stereocenters. The fraction of sp³-hybridized carbons (Fsp3) is 0.409. The summed E-state index contributed by atoms with van der Waals surface area (Å²) in [5.74, 6) is -1.81. The van der Waals surface area contributed by atoms with Crippen LogP contribution in [0.4, 0.5) is 13.6 Å². The Morgan fingerprint density at radius 3 is 2.56 bits per heavy atom. The number of likely N-dealkylation sites (tertiary alicyclic amines) is 1. The van der Waals surface area contributed by atoms with Crippen LogP contribution in [0.25, 0.3) is 16.8 Å². The zero-order valence-corrected chi connectivity index (χ0v) is 19.6. The predicted molar refractivity (Wildman–Crippen MR) is 119 cm³/mol. The number of sulfonamides is 1. The van der Waals surface area contributed by atoms with Gasteiger partial charge in [0.15, 0.2) is 5.65 Å². The predicted octanol–water partition coefficient (Wildman–Crippen LogP) is 3.12. The van der Waals surface area contributed by atoms with Crippen molar-refractivity contribution in [1.29, 1.82) is 0 Å². The molecular weight excluding hydrogens is 468 g/mol. The first-order valence-corrected chi connectivity index (χ1v) is 12.4. The van der Waals surface area contributed by atoms with Gasteiger partial charge in [0.05, 0.1) is 12.3 Å². The normalized spacial score (nSPS) is 15.3. The lowest BCUT2D eigenvalue weighted by atomic mass is 9.92. The van der Waals surface area contributed by atoms with Crippen LogP contribution in [-0.4, -0.2) is 53.2 Å². The molecule has 0 aliphatic carbocycles. The van der Waals surface area contributed by atoms with Crippen molar-refractivity contribution in [1.82, 2.24) is 19.5 Å². The number of ether oxygens (including phenoxy) is 1. The molecule has 4 rings (SSSR count). The van der Waals surface area contributed by atoms with Gasteiger partial charge in [-0.2, -0.15) is 5.10 Å². The van der Waals surface area contributed by atoms with E-state index < -0.39 is 26.6 Å². The lowest BCUT2D eigenvalue weighted by molar-refractivity contribution is 0.0653. The Bertz CT molecular complexity index is 1330. The minimum absolute atomic E-state index is 0.165. The van der Waals surface area contributed by atoms with E-state index in [4.69, 9.17) is 9.88 Å². The van der Waals surface area contributed by atoms with E-state index >= 15 is 0 Å². The average Bonchev–Trinajstić information content (AvgIpc) is 3.19. The van der Waals surface area contributed by atoms with Crippen LogP contribution < -0.4 is 5.14 Å². The fourth-order valence-corrected chi connectivity index (χ4v) is 4.73. The van der Waals surface area contributed by atoms with Gasteiger partial charge in [0, 0.05) is 36.1 Å². The molecule has 182 valence electrons. The molecule has 0 spiro atoms. The van der Waals surface area contributed by atoms with Crippen molar-refractivity contribution in [2.45, 2.75) is 44.1 Å². The van der Waals surface area contributed by atoms with Crippen molar-refractivity contribution in [3.8, 4) is 11.1 Å². The molecule has 1 saturated heterocycles. The number of carbonyl (C=O) groups is 1. The second kappa shape index (κ2) is 9.26. The van der Waals surface area contributed by atoms with Crippen LogP contribution in [-0.2, 0) is 21.2 Å². The van der Waals surface area contributed by atoms with Gasteiger partial charge in [0.1, 0.15) is 16.5 Å². The number of carbonyl (C=O) groups excluding carboxylic acids is 1. The van der Waals surface area contributed by atoms with Crippen molar-refractivity contribution >= 4 is 21.8 Å². The summed E-state index contributed by atoms with van der Waals surface area (Å²) in [6.45, 7) is 4.81. The quantitative estimate of drug-likeness (QED) is 0.583. The number of nitrogens with two attached hydrogens (primary N) is 1. The van der Waals surface area contributed by atoms with E-state index in [1.54, 1.807) is 15.6 Å². The summed E-state index contributed by atoms with van der Waals surface area (Å²) < 4.78 is 58.8. The lowest BCUT2D eigenvalue weighted by Crippen LogP contribution is -2.40. The van der Waals surface area contributed by atoms with Gasteiger partial charge in [0.25, 0.3) is 0 Å². The topological polar surface area (TPSA) is 120 Å². The summed E-state index contributed by atoms with van der Waals surface area (Å²) >= 11 is 0. The maximum atomic E-state index is 14.7. The molecule has 0 radical (unpaired) electrons. The minimum atomic E-state index is -4.41. The number of benzene rings is 1. The molecule has 12 heteroatoms. The standard InChI is InChI=1S/C22H25F2N5O4S/c1-13(2)33-22(30)28-7-4-14(5-8-28)9-15-3-6-26-21-17(12-27-29(15)21)16-10-19(24)20(11-18(16)23)34(25,31)32/h3,6,10-14H,4-5,7-9H2,1-2H3,(H2,25,31,32). The maximum absolute atomic E-state index is 14.7. The molecule has 1 aromatic carbocycles. The Morgan fingerprint density at radius 2 is 1.91 bits per heavy atom. The van der Waals surface area contributed by atoms with Crippen LogP contribution in [0, 0.1) is 17.6 Å². The highest BCUT2D eigenvalue weighted by Crippen LogP contribution is 2.30. The molecule has 1 aliphatic heterocycles. The molecule has 1 aliphatic rings. The second-order valence-electron chi connectivity index (χ2n) is 8.60. The third kappa shape index (κ3) is 4.87. The van der Waals surface area contributed by atoms with Crippen LogP contribution in [0.3, 0.4) is 0 Å². The first-order chi connectivity index (χ1) is 16.0. The van der Waals surface area contributed by atoms with Gasteiger partial charge >= 0.3 is 6.09 Å². The van der Waals surface area contributed by atoms with E-state index in [0.29, 0.717) is 37.1 Å². The SMILES string of the molecule is CC(C)OC(=O)N1CCC(Cc2ccnc3c(-c4cc(F)c(S(N)(=O)=O)cc4F)cnn23)CC1. The molecule has 0 saturated carbocycles. The summed E-state index contributed by atoms with van der Waals surface area (Å²) in [6, 6.07) is 3.15. The van der Waals surface area contributed by atoms with Crippen LogP contribution >= 0.6 is 0 Å². The molecule has 3 heterocycles. The number of fused-ring (bicyclic) bond motifs is 1. The Hall–Kier alpha value is -3.12. The number of halogens is 2. The van der Waals surface area contributed by atoms with E-state index in [0.717, 1.165) is 24.6 Å². The summed E-state index contributed by atoms with van der Waals surface area (Å²) in [4.78, 5) is 17.2. The van der Waals surface area contributed by atoms with Crippen LogP contribution in [0.2, 0.25) is 0 Å². The highest BCUT2D eigenvalue weighted by Gasteiger charge is 2.26. The molecule has 9 nitrogen and oxygen atoms in total. The zero-order chi connectivity index (χ0) is 24.6. The number of hydrogen-bond donors (Lipinski definition) is 1. The molecule has 1 amide bonds. The largest absolute Gasteiger partial charge is 0.447 e. The third-order valence-corrected chi connectivity index (χ3v) is 6.73. The van der Waals surface area contributed by atoms with E-state index in [1.165, 1.54) is 6.20 Å². The number of amides is 1. The van der Waals surface area contributed by atoms with Gasteiger partial charge in [-0.25, -0.2) is 36.6 Å². The van der Waals surface area contributed by atoms with Gasteiger partial charge in [-0.1, -0.05) is 0 Å². The Balaban J connectivity index is 1.56. The molecule has 2 N–H and O–H groups in total. The van der Waals surface area contributed by atoms with Crippen molar-refractivity contribution in [2.24, 2.45) is 11.1 Å². The molecular formula is C22H25F2N5O4S. The molecule has 1 fully saturated rings. The van der Waals surface area contributed by atoms with Crippen LogP contribution in [0.5, 0.6) is 0 Å². The second-order valence-corrected chi connectivity index (χ2v) is 10.1. The number of primary sulfonamides is 1. The smallest absolute Gasteiger partial charge is 0.410 e. The van der Waals surface area contributed by atoms with Crippen molar-refractivity contribution in [2.75, 3.05) is 13.1 Å². The lowest BCUT2D eigenvalue weighted by Gasteiger charge is -2.31. The van der Waals surface area contributed by atoms with E-state index in [9.17, 15) is 22.0 Å². The Labute approximate surface area is 195 Å². The average molecular weight is 494 g/mol. The monoisotopic (exact) mass is 493 g/mol. The van der Waals surface area contributed by atoms with Crippen molar-refractivity contribution < 1.29 is 26.7 Å². The molecule has 0 unspecified atom stereocenters. The Morgan fingerprint density at radius 1 is 1.21 bits per heavy atom. The summed E-state index contributed by atoms with van der Waals surface area (Å²) in [5.41, 5.74) is 1.21. The van der Waals surface area contributed by atoms with Gasteiger partial charge in [0.2, 0.25) is 10.0 Å². The molecule has 3 aromatic rings. The zero-order valence-electron chi connectivity index (χ0n) is 18.7. The van der Waals surface area contributed by atoms with Crippen LogP contribution in [0.1, 0.15) is 32.4 Å². The van der Waals surface area contributed by atoms with Gasteiger partial charge in [-0.05, 0) is 57.2 Å². The van der Waals surface area contributed by atoms with Crippen LogP contribution in [0.15, 0.2) is 35.5 Å². The number of nitrogens with zero attached hydrogens (tertiary/aromatic N) is 4. The van der Waals surface area contributed by atoms with Crippen molar-refractivity contribution in [3.05, 3.63) is 47.9 Å². The summed E-state index contributed by atoms with van der Waals surface area (Å²) in [7, 11) is -4.41. The number of piperidine rings is 1. The minimum Gasteiger partial charge on any atom is -0.447 e. The fourth-order valence-electron chi connectivity index (χ4n) is 4.13. The molecule has 0 bridgehead atoms. The van der Waals surface area contributed by atoms with Gasteiger partial charge in [-0.3, -0.25) is 0 Å². The van der Waals surface area contributed by atoms with Gasteiger partial charge < -0.3 is 9.64 Å². The van der Waals surface area contributed by atoms with E-state index in [-0.39, 0.29) is 23.3 Å². The van der Waals surface area contributed by atoms with Crippen molar-refractivity contribution in [3.63, 3.8) is 0 Å².